The minimum atomic E-state index is -0.450. The predicted molar refractivity (Wildman–Crippen MR) is 83.9 cm³/mol. The lowest BCUT2D eigenvalue weighted by Crippen LogP contribution is -2.06. The second-order valence-corrected chi connectivity index (χ2v) is 4.82. The minimum Gasteiger partial charge on any atom is -0.398 e. The Bertz CT molecular complexity index is 832. The smallest absolute Gasteiger partial charge is 0.193 e. The fourth-order valence-corrected chi connectivity index (χ4v) is 2.34. The van der Waals surface area contributed by atoms with Crippen molar-refractivity contribution < 1.29 is 9.18 Å². The number of carbonyl (C=O) groups excluding carboxylic acids is 1. The molecule has 0 saturated carbocycles. The average molecular weight is 292 g/mol. The van der Waals surface area contributed by atoms with E-state index >= 15 is 0 Å². The minimum absolute atomic E-state index is 0.280. The first kappa shape index (κ1) is 13.9. The van der Waals surface area contributed by atoms with Gasteiger partial charge >= 0.3 is 0 Å². The van der Waals surface area contributed by atoms with E-state index in [-0.39, 0.29) is 11.3 Å². The number of carbonyl (C=O) groups is 1. The van der Waals surface area contributed by atoms with Crippen LogP contribution in [-0.2, 0) is 0 Å². The molecule has 3 rings (SSSR count). The van der Waals surface area contributed by atoms with Crippen molar-refractivity contribution in [1.29, 1.82) is 0 Å². The van der Waals surface area contributed by atoms with E-state index in [0.29, 0.717) is 22.5 Å². The summed E-state index contributed by atoms with van der Waals surface area (Å²) in [5.41, 5.74) is 8.36. The van der Waals surface area contributed by atoms with Gasteiger partial charge in [0.15, 0.2) is 5.78 Å². The molecule has 4 heteroatoms. The molecule has 0 aliphatic heterocycles. The van der Waals surface area contributed by atoms with Gasteiger partial charge in [0, 0.05) is 28.6 Å². The lowest BCUT2D eigenvalue weighted by atomic mass is 9.95. The second kappa shape index (κ2) is 5.77. The summed E-state index contributed by atoms with van der Waals surface area (Å²) >= 11 is 0. The number of pyridine rings is 1. The van der Waals surface area contributed by atoms with Crippen molar-refractivity contribution in [1.82, 2.24) is 4.98 Å². The van der Waals surface area contributed by atoms with Crippen LogP contribution in [-0.4, -0.2) is 10.8 Å². The molecule has 0 radical (unpaired) electrons. The van der Waals surface area contributed by atoms with E-state index in [9.17, 15) is 9.18 Å². The first-order chi connectivity index (χ1) is 10.7. The van der Waals surface area contributed by atoms with Crippen molar-refractivity contribution in [3.8, 4) is 11.3 Å². The molecular weight excluding hydrogens is 279 g/mol. The molecule has 2 N–H and O–H groups in total. The summed E-state index contributed by atoms with van der Waals surface area (Å²) in [6, 6.07) is 16.1. The van der Waals surface area contributed by atoms with Crippen LogP contribution in [0.25, 0.3) is 11.3 Å². The monoisotopic (exact) mass is 292 g/mol. The van der Waals surface area contributed by atoms with Crippen LogP contribution in [0.3, 0.4) is 0 Å². The van der Waals surface area contributed by atoms with Gasteiger partial charge < -0.3 is 5.73 Å². The molecule has 0 spiro atoms. The molecule has 0 unspecified atom stereocenters. The van der Waals surface area contributed by atoms with Gasteiger partial charge in [0.05, 0.1) is 5.69 Å². The Morgan fingerprint density at radius 3 is 2.55 bits per heavy atom. The summed E-state index contributed by atoms with van der Waals surface area (Å²) in [5, 5.41) is 0. The molecule has 0 aliphatic carbocycles. The van der Waals surface area contributed by atoms with Crippen molar-refractivity contribution in [2.75, 3.05) is 5.73 Å². The van der Waals surface area contributed by atoms with Crippen LogP contribution in [0.1, 0.15) is 15.9 Å². The molecule has 0 amide bonds. The van der Waals surface area contributed by atoms with E-state index in [1.807, 2.05) is 6.07 Å². The summed E-state index contributed by atoms with van der Waals surface area (Å²) in [6.45, 7) is 0. The maximum atomic E-state index is 13.4. The van der Waals surface area contributed by atoms with E-state index in [4.69, 9.17) is 5.73 Å². The fraction of sp³-hybridized carbons (Fsp3) is 0. The highest BCUT2D eigenvalue weighted by molar-refractivity contribution is 6.14. The van der Waals surface area contributed by atoms with E-state index in [1.165, 1.54) is 18.2 Å². The number of nitrogens with two attached hydrogens (primary N) is 1. The van der Waals surface area contributed by atoms with Crippen molar-refractivity contribution >= 4 is 11.5 Å². The topological polar surface area (TPSA) is 56.0 Å². The van der Waals surface area contributed by atoms with Gasteiger partial charge in [-0.25, -0.2) is 4.39 Å². The first-order valence-corrected chi connectivity index (χ1v) is 6.77. The van der Waals surface area contributed by atoms with Gasteiger partial charge in [0.25, 0.3) is 0 Å². The molecule has 0 atom stereocenters. The number of hydrogen-bond donors (Lipinski definition) is 1. The fourth-order valence-electron chi connectivity index (χ4n) is 2.34. The van der Waals surface area contributed by atoms with E-state index in [0.717, 1.165) is 0 Å². The quantitative estimate of drug-likeness (QED) is 0.591. The highest BCUT2D eigenvalue weighted by Crippen LogP contribution is 2.29. The average Bonchev–Trinajstić information content (AvgIpc) is 2.55. The number of benzene rings is 2. The maximum absolute atomic E-state index is 13.4. The van der Waals surface area contributed by atoms with Gasteiger partial charge in [-0.15, -0.1) is 0 Å². The van der Waals surface area contributed by atoms with Gasteiger partial charge in [-0.1, -0.05) is 30.3 Å². The van der Waals surface area contributed by atoms with Crippen LogP contribution in [0, 0.1) is 5.82 Å². The van der Waals surface area contributed by atoms with Gasteiger partial charge in [0.2, 0.25) is 0 Å². The molecule has 0 saturated heterocycles. The zero-order valence-electron chi connectivity index (χ0n) is 11.7. The van der Waals surface area contributed by atoms with Gasteiger partial charge in [-0.2, -0.15) is 0 Å². The number of nitrogens with zero attached hydrogens (tertiary/aromatic N) is 1. The van der Waals surface area contributed by atoms with Crippen molar-refractivity contribution in [2.24, 2.45) is 0 Å². The van der Waals surface area contributed by atoms with Crippen LogP contribution in [0.15, 0.2) is 66.9 Å². The standard InChI is InChI=1S/C18H13FN2O/c19-13-6-3-5-12(11-13)18(22)14-7-4-8-15(20)17(14)16-9-1-2-10-21-16/h1-11H,20H2. The SMILES string of the molecule is Nc1cccc(C(=O)c2cccc(F)c2)c1-c1ccccn1. The summed E-state index contributed by atoms with van der Waals surface area (Å²) in [4.78, 5) is 17.0. The van der Waals surface area contributed by atoms with Crippen LogP contribution >= 0.6 is 0 Å². The molecule has 1 aromatic heterocycles. The van der Waals surface area contributed by atoms with Crippen LogP contribution in [0.2, 0.25) is 0 Å². The largest absolute Gasteiger partial charge is 0.398 e. The molecule has 22 heavy (non-hydrogen) atoms. The normalized spacial score (nSPS) is 10.4. The molecular formula is C18H13FN2O. The van der Waals surface area contributed by atoms with E-state index in [1.54, 1.807) is 42.6 Å². The second-order valence-electron chi connectivity index (χ2n) is 4.82. The zero-order chi connectivity index (χ0) is 15.5. The van der Waals surface area contributed by atoms with Crippen LogP contribution in [0.4, 0.5) is 10.1 Å². The molecule has 108 valence electrons. The zero-order valence-corrected chi connectivity index (χ0v) is 11.7. The van der Waals surface area contributed by atoms with E-state index < -0.39 is 5.82 Å². The van der Waals surface area contributed by atoms with Gasteiger partial charge in [-0.05, 0) is 30.3 Å². The van der Waals surface area contributed by atoms with Crippen LogP contribution < -0.4 is 5.73 Å². The molecule has 2 aromatic carbocycles. The number of nitrogen functional groups attached to an aromatic ring is 1. The summed E-state index contributed by atoms with van der Waals surface area (Å²) < 4.78 is 13.4. The number of anilines is 1. The van der Waals surface area contributed by atoms with Crippen molar-refractivity contribution in [2.45, 2.75) is 0 Å². The number of aromatic nitrogens is 1. The van der Waals surface area contributed by atoms with E-state index in [2.05, 4.69) is 4.98 Å². The number of halogens is 1. The highest BCUT2D eigenvalue weighted by atomic mass is 19.1. The summed E-state index contributed by atoms with van der Waals surface area (Å²) in [7, 11) is 0. The van der Waals surface area contributed by atoms with Crippen molar-refractivity contribution in [3.05, 3.63) is 83.8 Å². The Morgan fingerprint density at radius 1 is 1.00 bits per heavy atom. The highest BCUT2D eigenvalue weighted by Gasteiger charge is 2.17. The third-order valence-electron chi connectivity index (χ3n) is 3.35. The Balaban J connectivity index is 2.16. The summed E-state index contributed by atoms with van der Waals surface area (Å²) in [5.74, 6) is -0.735. The third-order valence-corrected chi connectivity index (χ3v) is 3.35. The molecule has 0 bridgehead atoms. The van der Waals surface area contributed by atoms with Gasteiger partial charge in [0.1, 0.15) is 5.82 Å². The van der Waals surface area contributed by atoms with Crippen molar-refractivity contribution in [3.63, 3.8) is 0 Å². The lowest BCUT2D eigenvalue weighted by molar-refractivity contribution is 0.103. The number of rotatable bonds is 3. The number of hydrogen-bond acceptors (Lipinski definition) is 3. The Kier molecular flexibility index (Phi) is 3.66. The summed E-state index contributed by atoms with van der Waals surface area (Å²) in [6.07, 6.45) is 1.64. The molecule has 1 heterocycles. The molecule has 3 nitrogen and oxygen atoms in total. The van der Waals surface area contributed by atoms with Crippen LogP contribution in [0.5, 0.6) is 0 Å². The lowest BCUT2D eigenvalue weighted by Gasteiger charge is -2.11. The maximum Gasteiger partial charge on any atom is 0.193 e. The first-order valence-electron chi connectivity index (χ1n) is 6.77. The molecule has 0 fully saturated rings. The third kappa shape index (κ3) is 2.59. The van der Waals surface area contributed by atoms with Gasteiger partial charge in [-0.3, -0.25) is 9.78 Å². The molecule has 0 aliphatic rings. The molecule has 3 aromatic rings. The Morgan fingerprint density at radius 2 is 1.82 bits per heavy atom. The number of ketones is 1. The Hall–Kier alpha value is -3.01. The predicted octanol–water partition coefficient (Wildman–Crippen LogP) is 3.70. The Labute approximate surface area is 127 Å².